The minimum absolute atomic E-state index is 0.788. The molecule has 0 amide bonds. The Kier molecular flexibility index (Phi) is 4.75. The molecule has 1 saturated carbocycles. The second-order valence-electron chi connectivity index (χ2n) is 6.42. The number of rotatable bonds is 4. The quantitative estimate of drug-likeness (QED) is 0.621. The molecule has 0 N–H and O–H groups in total. The second-order valence-corrected chi connectivity index (χ2v) is 6.42. The third kappa shape index (κ3) is 3.56. The SMILES string of the molecule is CCCC1CCC(c2ccc(-c3cc[c]cc3)cc2)CC1. The van der Waals surface area contributed by atoms with E-state index >= 15 is 0 Å². The van der Waals surface area contributed by atoms with Crippen LogP contribution in [0.1, 0.15) is 56.9 Å². The molecule has 1 aliphatic carbocycles. The molecule has 1 radical (unpaired) electrons. The highest BCUT2D eigenvalue weighted by molar-refractivity contribution is 5.63. The van der Waals surface area contributed by atoms with Crippen LogP contribution in [0.5, 0.6) is 0 Å². The molecule has 0 bridgehead atoms. The highest BCUT2D eigenvalue weighted by Crippen LogP contribution is 2.37. The first kappa shape index (κ1) is 14.4. The van der Waals surface area contributed by atoms with Crippen molar-refractivity contribution in [2.24, 2.45) is 5.92 Å². The van der Waals surface area contributed by atoms with Crippen LogP contribution >= 0.6 is 0 Å². The molecule has 0 nitrogen and oxygen atoms in total. The zero-order valence-corrected chi connectivity index (χ0v) is 13.0. The van der Waals surface area contributed by atoms with Crippen molar-refractivity contribution in [3.05, 3.63) is 60.2 Å². The van der Waals surface area contributed by atoms with Gasteiger partial charge in [0, 0.05) is 0 Å². The minimum atomic E-state index is 0.788. The average Bonchev–Trinajstić information content (AvgIpc) is 2.57. The maximum Gasteiger partial charge on any atom is -0.0162 e. The van der Waals surface area contributed by atoms with Gasteiger partial charge in [-0.2, -0.15) is 0 Å². The van der Waals surface area contributed by atoms with E-state index in [0.29, 0.717) is 0 Å². The maximum absolute atomic E-state index is 3.08. The predicted molar refractivity (Wildman–Crippen MR) is 90.3 cm³/mol. The van der Waals surface area contributed by atoms with E-state index in [1.807, 2.05) is 12.1 Å². The molecule has 0 unspecified atom stereocenters. The van der Waals surface area contributed by atoms with Gasteiger partial charge in [0.05, 0.1) is 0 Å². The van der Waals surface area contributed by atoms with Crippen molar-refractivity contribution < 1.29 is 0 Å². The third-order valence-electron chi connectivity index (χ3n) is 4.98. The summed E-state index contributed by atoms with van der Waals surface area (Å²) in [5.74, 6) is 1.78. The molecule has 3 rings (SSSR count). The lowest BCUT2D eigenvalue weighted by Gasteiger charge is -2.28. The van der Waals surface area contributed by atoms with Crippen molar-refractivity contribution in [2.45, 2.75) is 51.4 Å². The second kappa shape index (κ2) is 6.93. The van der Waals surface area contributed by atoms with Gasteiger partial charge >= 0.3 is 0 Å². The Bertz CT molecular complexity index is 530. The van der Waals surface area contributed by atoms with Crippen LogP contribution in [0.3, 0.4) is 0 Å². The lowest BCUT2D eigenvalue weighted by Crippen LogP contribution is -2.13. The molecular formula is C21H25. The van der Waals surface area contributed by atoms with E-state index < -0.39 is 0 Å². The molecule has 1 fully saturated rings. The first-order valence-corrected chi connectivity index (χ1v) is 8.43. The summed E-state index contributed by atoms with van der Waals surface area (Å²) in [5.41, 5.74) is 4.13. The summed E-state index contributed by atoms with van der Waals surface area (Å²) < 4.78 is 0. The first-order valence-electron chi connectivity index (χ1n) is 8.43. The van der Waals surface area contributed by atoms with Gasteiger partial charge in [0.15, 0.2) is 0 Å². The Hall–Kier alpha value is -1.56. The van der Waals surface area contributed by atoms with Crippen LogP contribution in [0.2, 0.25) is 0 Å². The molecule has 2 aromatic rings. The van der Waals surface area contributed by atoms with Gasteiger partial charge in [-0.3, -0.25) is 0 Å². The fraction of sp³-hybridized carbons (Fsp3) is 0.429. The molecule has 2 aromatic carbocycles. The molecule has 0 aliphatic heterocycles. The zero-order chi connectivity index (χ0) is 14.5. The Morgan fingerprint density at radius 2 is 1.48 bits per heavy atom. The van der Waals surface area contributed by atoms with Crippen LogP contribution in [-0.2, 0) is 0 Å². The largest absolute Gasteiger partial charge is 0.0654 e. The maximum atomic E-state index is 3.08. The van der Waals surface area contributed by atoms with Crippen LogP contribution in [0.4, 0.5) is 0 Å². The monoisotopic (exact) mass is 277 g/mol. The van der Waals surface area contributed by atoms with Crippen molar-refractivity contribution in [2.75, 3.05) is 0 Å². The molecule has 0 atom stereocenters. The first-order chi connectivity index (χ1) is 10.4. The molecular weight excluding hydrogens is 252 g/mol. The van der Waals surface area contributed by atoms with E-state index in [9.17, 15) is 0 Å². The van der Waals surface area contributed by atoms with Gasteiger partial charge in [-0.15, -0.1) is 0 Å². The van der Waals surface area contributed by atoms with Crippen molar-refractivity contribution >= 4 is 0 Å². The van der Waals surface area contributed by atoms with E-state index in [-0.39, 0.29) is 0 Å². The van der Waals surface area contributed by atoms with Crippen LogP contribution in [0.15, 0.2) is 48.5 Å². The molecule has 0 aromatic heterocycles. The molecule has 0 spiro atoms. The summed E-state index contributed by atoms with van der Waals surface area (Å²) in [7, 11) is 0. The Balaban J connectivity index is 1.65. The van der Waals surface area contributed by atoms with E-state index in [4.69, 9.17) is 0 Å². The van der Waals surface area contributed by atoms with Gasteiger partial charge in [-0.1, -0.05) is 68.3 Å². The van der Waals surface area contributed by atoms with E-state index in [2.05, 4.69) is 49.4 Å². The highest BCUT2D eigenvalue weighted by atomic mass is 14.3. The van der Waals surface area contributed by atoms with Crippen LogP contribution in [0, 0.1) is 12.0 Å². The summed E-state index contributed by atoms with van der Waals surface area (Å²) in [6.45, 7) is 2.31. The van der Waals surface area contributed by atoms with E-state index in [1.54, 1.807) is 0 Å². The Morgan fingerprint density at radius 3 is 2.10 bits per heavy atom. The normalized spacial score (nSPS) is 22.1. The number of benzene rings is 2. The smallest absolute Gasteiger partial charge is 0.0162 e. The van der Waals surface area contributed by atoms with E-state index in [0.717, 1.165) is 11.8 Å². The third-order valence-corrected chi connectivity index (χ3v) is 4.98. The lowest BCUT2D eigenvalue weighted by molar-refractivity contribution is 0.308. The van der Waals surface area contributed by atoms with Crippen molar-refractivity contribution in [3.63, 3.8) is 0 Å². The molecule has 1 aliphatic rings. The Labute approximate surface area is 129 Å². The zero-order valence-electron chi connectivity index (χ0n) is 13.0. The molecule has 21 heavy (non-hydrogen) atoms. The summed E-state index contributed by atoms with van der Waals surface area (Å²) >= 11 is 0. The lowest BCUT2D eigenvalue weighted by atomic mass is 9.77. The fourth-order valence-corrected chi connectivity index (χ4v) is 3.72. The highest BCUT2D eigenvalue weighted by Gasteiger charge is 2.21. The van der Waals surface area contributed by atoms with Gasteiger partial charge in [-0.05, 0) is 60.3 Å². The van der Waals surface area contributed by atoms with Crippen molar-refractivity contribution in [3.8, 4) is 11.1 Å². The van der Waals surface area contributed by atoms with Crippen molar-refractivity contribution in [1.82, 2.24) is 0 Å². The number of hydrogen-bond donors (Lipinski definition) is 0. The van der Waals surface area contributed by atoms with Gasteiger partial charge in [0.2, 0.25) is 0 Å². The Morgan fingerprint density at radius 1 is 0.857 bits per heavy atom. The van der Waals surface area contributed by atoms with Crippen LogP contribution in [0.25, 0.3) is 11.1 Å². The fourth-order valence-electron chi connectivity index (χ4n) is 3.72. The standard InChI is InChI=1S/C21H25/c1-2-6-17-9-11-19(12-10-17)21-15-13-20(14-16-21)18-7-4-3-5-8-18/h4-5,7-8,13-17,19H,2,6,9-12H2,1H3. The van der Waals surface area contributed by atoms with Gasteiger partial charge in [-0.25, -0.2) is 0 Å². The summed E-state index contributed by atoms with van der Waals surface area (Å²) in [6, 6.07) is 20.6. The topological polar surface area (TPSA) is 0 Å². The molecule has 109 valence electrons. The van der Waals surface area contributed by atoms with Gasteiger partial charge < -0.3 is 0 Å². The van der Waals surface area contributed by atoms with Crippen LogP contribution in [-0.4, -0.2) is 0 Å². The van der Waals surface area contributed by atoms with Crippen LogP contribution < -0.4 is 0 Å². The number of hydrogen-bond acceptors (Lipinski definition) is 0. The predicted octanol–water partition coefficient (Wildman–Crippen LogP) is 6.23. The van der Waals surface area contributed by atoms with Crippen molar-refractivity contribution in [1.29, 1.82) is 0 Å². The summed E-state index contributed by atoms with van der Waals surface area (Å²) in [5, 5.41) is 0. The average molecular weight is 277 g/mol. The molecule has 0 heterocycles. The summed E-state index contributed by atoms with van der Waals surface area (Å²) in [4.78, 5) is 0. The minimum Gasteiger partial charge on any atom is -0.0654 e. The molecule has 0 saturated heterocycles. The molecule has 0 heteroatoms. The van der Waals surface area contributed by atoms with Gasteiger partial charge in [0.25, 0.3) is 0 Å². The van der Waals surface area contributed by atoms with E-state index in [1.165, 1.54) is 55.2 Å². The summed E-state index contributed by atoms with van der Waals surface area (Å²) in [6.07, 6.45) is 8.38. The van der Waals surface area contributed by atoms with Gasteiger partial charge in [0.1, 0.15) is 0 Å².